The minimum Gasteiger partial charge on any atom is -0.310 e. The van der Waals surface area contributed by atoms with Crippen molar-refractivity contribution in [2.75, 3.05) is 6.54 Å². The van der Waals surface area contributed by atoms with Gasteiger partial charge in [-0.1, -0.05) is 26.0 Å². The molecule has 90 valence electrons. The van der Waals surface area contributed by atoms with E-state index in [4.69, 9.17) is 0 Å². The zero-order valence-corrected chi connectivity index (χ0v) is 10.3. The summed E-state index contributed by atoms with van der Waals surface area (Å²) >= 11 is 0. The van der Waals surface area contributed by atoms with Crippen molar-refractivity contribution in [3.05, 3.63) is 42.5 Å². The third-order valence-corrected chi connectivity index (χ3v) is 2.81. The maximum Gasteiger partial charge on any atom is 0.138 e. The monoisotopic (exact) mass is 230 g/mol. The van der Waals surface area contributed by atoms with Crippen molar-refractivity contribution >= 4 is 0 Å². The highest BCUT2D eigenvalue weighted by Gasteiger charge is 2.08. The van der Waals surface area contributed by atoms with Crippen molar-refractivity contribution in [3.63, 3.8) is 0 Å². The summed E-state index contributed by atoms with van der Waals surface area (Å²) in [7, 11) is 0. The lowest BCUT2D eigenvalue weighted by molar-refractivity contribution is 0.537. The number of hydrogen-bond acceptors (Lipinski definition) is 3. The van der Waals surface area contributed by atoms with Gasteiger partial charge in [-0.05, 0) is 30.7 Å². The van der Waals surface area contributed by atoms with Crippen LogP contribution in [0.2, 0.25) is 0 Å². The zero-order valence-electron chi connectivity index (χ0n) is 10.3. The number of nitrogens with zero attached hydrogens (tertiary/aromatic N) is 3. The van der Waals surface area contributed by atoms with E-state index in [1.807, 2.05) is 6.07 Å². The molecule has 1 N–H and O–H groups in total. The van der Waals surface area contributed by atoms with Crippen LogP contribution in [-0.2, 0) is 0 Å². The summed E-state index contributed by atoms with van der Waals surface area (Å²) in [4.78, 5) is 3.97. The SMILES string of the molecule is CCNC(CC)c1cccc(-n2cncn2)c1. The first-order chi connectivity index (χ1) is 8.35. The van der Waals surface area contributed by atoms with Crippen LogP contribution in [0.3, 0.4) is 0 Å². The molecule has 2 aromatic rings. The predicted octanol–water partition coefficient (Wildman–Crippen LogP) is 2.33. The summed E-state index contributed by atoms with van der Waals surface area (Å²) in [6.07, 6.45) is 4.34. The molecule has 0 saturated heterocycles. The highest BCUT2D eigenvalue weighted by atomic mass is 15.3. The van der Waals surface area contributed by atoms with Gasteiger partial charge in [0.1, 0.15) is 12.7 Å². The molecule has 2 rings (SSSR count). The molecular formula is C13H18N4. The van der Waals surface area contributed by atoms with E-state index in [0.717, 1.165) is 18.7 Å². The van der Waals surface area contributed by atoms with E-state index in [1.165, 1.54) is 5.56 Å². The molecule has 0 aliphatic carbocycles. The molecule has 0 amide bonds. The molecule has 0 spiro atoms. The summed E-state index contributed by atoms with van der Waals surface area (Å²) in [5.74, 6) is 0. The topological polar surface area (TPSA) is 42.7 Å². The summed E-state index contributed by atoms with van der Waals surface area (Å²) in [6, 6.07) is 8.81. The lowest BCUT2D eigenvalue weighted by atomic mass is 10.0. The van der Waals surface area contributed by atoms with Crippen LogP contribution >= 0.6 is 0 Å². The first-order valence-electron chi connectivity index (χ1n) is 6.03. The van der Waals surface area contributed by atoms with Gasteiger partial charge in [0.05, 0.1) is 5.69 Å². The van der Waals surface area contributed by atoms with Crippen LogP contribution in [0.25, 0.3) is 5.69 Å². The maximum absolute atomic E-state index is 4.14. The average molecular weight is 230 g/mol. The molecule has 0 aliphatic heterocycles. The van der Waals surface area contributed by atoms with E-state index < -0.39 is 0 Å². The Labute approximate surface area is 102 Å². The number of benzene rings is 1. The Hall–Kier alpha value is -1.68. The number of nitrogens with one attached hydrogen (secondary N) is 1. The second-order valence-electron chi connectivity index (χ2n) is 3.95. The van der Waals surface area contributed by atoms with Crippen LogP contribution in [-0.4, -0.2) is 21.3 Å². The first-order valence-corrected chi connectivity index (χ1v) is 6.03. The van der Waals surface area contributed by atoms with Crippen LogP contribution in [0.5, 0.6) is 0 Å². The Kier molecular flexibility index (Phi) is 3.88. The molecule has 1 aromatic heterocycles. The fourth-order valence-electron chi connectivity index (χ4n) is 1.97. The number of hydrogen-bond donors (Lipinski definition) is 1. The van der Waals surface area contributed by atoms with Gasteiger partial charge in [-0.25, -0.2) is 9.67 Å². The Morgan fingerprint density at radius 3 is 2.88 bits per heavy atom. The second kappa shape index (κ2) is 5.59. The van der Waals surface area contributed by atoms with Crippen LogP contribution < -0.4 is 5.32 Å². The molecule has 0 aliphatic rings. The summed E-state index contributed by atoms with van der Waals surface area (Å²) in [6.45, 7) is 5.30. The summed E-state index contributed by atoms with van der Waals surface area (Å²) in [5, 5.41) is 7.62. The molecule has 0 saturated carbocycles. The van der Waals surface area contributed by atoms with Crippen LogP contribution in [0, 0.1) is 0 Å². The quantitative estimate of drug-likeness (QED) is 0.857. The standard InChI is InChI=1S/C13H18N4/c1-3-13(15-4-2)11-6-5-7-12(8-11)17-10-14-9-16-17/h5-10,13,15H,3-4H2,1-2H3. The van der Waals surface area contributed by atoms with Crippen molar-refractivity contribution in [1.82, 2.24) is 20.1 Å². The Bertz CT molecular complexity index is 450. The second-order valence-corrected chi connectivity index (χ2v) is 3.95. The predicted molar refractivity (Wildman–Crippen MR) is 68.1 cm³/mol. The van der Waals surface area contributed by atoms with Gasteiger partial charge in [0, 0.05) is 6.04 Å². The molecule has 0 bridgehead atoms. The highest BCUT2D eigenvalue weighted by Crippen LogP contribution is 2.19. The lowest BCUT2D eigenvalue weighted by Crippen LogP contribution is -2.20. The lowest BCUT2D eigenvalue weighted by Gasteiger charge is -2.17. The van der Waals surface area contributed by atoms with Gasteiger partial charge in [0.15, 0.2) is 0 Å². The van der Waals surface area contributed by atoms with Crippen molar-refractivity contribution in [2.24, 2.45) is 0 Å². The Balaban J connectivity index is 2.27. The Morgan fingerprint density at radius 1 is 1.35 bits per heavy atom. The fourth-order valence-corrected chi connectivity index (χ4v) is 1.97. The molecule has 0 radical (unpaired) electrons. The molecule has 1 atom stereocenters. The van der Waals surface area contributed by atoms with Crippen molar-refractivity contribution in [3.8, 4) is 5.69 Å². The van der Waals surface area contributed by atoms with E-state index in [9.17, 15) is 0 Å². The summed E-state index contributed by atoms with van der Waals surface area (Å²) < 4.78 is 1.78. The average Bonchev–Trinajstić information content (AvgIpc) is 2.90. The molecule has 4 nitrogen and oxygen atoms in total. The fraction of sp³-hybridized carbons (Fsp3) is 0.385. The normalized spacial score (nSPS) is 12.6. The van der Waals surface area contributed by atoms with Crippen molar-refractivity contribution < 1.29 is 0 Å². The molecular weight excluding hydrogens is 212 g/mol. The van der Waals surface area contributed by atoms with Crippen LogP contribution in [0.4, 0.5) is 0 Å². The van der Waals surface area contributed by atoms with Gasteiger partial charge < -0.3 is 5.32 Å². The first kappa shape index (κ1) is 11.8. The van der Waals surface area contributed by atoms with E-state index in [-0.39, 0.29) is 0 Å². The number of rotatable bonds is 5. The van der Waals surface area contributed by atoms with Gasteiger partial charge in [-0.2, -0.15) is 5.10 Å². The van der Waals surface area contributed by atoms with Crippen molar-refractivity contribution in [2.45, 2.75) is 26.3 Å². The van der Waals surface area contributed by atoms with Crippen molar-refractivity contribution in [1.29, 1.82) is 0 Å². The molecule has 17 heavy (non-hydrogen) atoms. The van der Waals surface area contributed by atoms with Gasteiger partial charge >= 0.3 is 0 Å². The highest BCUT2D eigenvalue weighted by molar-refractivity contribution is 5.36. The van der Waals surface area contributed by atoms with E-state index >= 15 is 0 Å². The third kappa shape index (κ3) is 2.71. The molecule has 4 heteroatoms. The van der Waals surface area contributed by atoms with E-state index in [2.05, 4.69) is 47.4 Å². The molecule has 0 fully saturated rings. The smallest absolute Gasteiger partial charge is 0.138 e. The minimum absolute atomic E-state index is 0.406. The third-order valence-electron chi connectivity index (χ3n) is 2.81. The van der Waals surface area contributed by atoms with E-state index in [0.29, 0.717) is 6.04 Å². The van der Waals surface area contributed by atoms with Gasteiger partial charge in [-0.15, -0.1) is 0 Å². The van der Waals surface area contributed by atoms with Crippen LogP contribution in [0.1, 0.15) is 31.9 Å². The zero-order chi connectivity index (χ0) is 12.1. The molecule has 1 unspecified atom stereocenters. The van der Waals surface area contributed by atoms with Gasteiger partial charge in [0.25, 0.3) is 0 Å². The van der Waals surface area contributed by atoms with Crippen LogP contribution in [0.15, 0.2) is 36.9 Å². The largest absolute Gasteiger partial charge is 0.310 e. The number of aromatic nitrogens is 3. The molecule has 1 aromatic carbocycles. The molecule has 1 heterocycles. The van der Waals surface area contributed by atoms with Gasteiger partial charge in [-0.3, -0.25) is 0 Å². The maximum atomic E-state index is 4.14. The van der Waals surface area contributed by atoms with Gasteiger partial charge in [0.2, 0.25) is 0 Å². The Morgan fingerprint density at radius 2 is 2.24 bits per heavy atom. The summed E-state index contributed by atoms with van der Waals surface area (Å²) in [5.41, 5.74) is 2.35. The minimum atomic E-state index is 0.406. The van der Waals surface area contributed by atoms with E-state index in [1.54, 1.807) is 17.3 Å².